The molecule has 0 aromatic carbocycles. The van der Waals surface area contributed by atoms with Crippen molar-refractivity contribution in [1.82, 2.24) is 25.2 Å². The summed E-state index contributed by atoms with van der Waals surface area (Å²) in [5.74, 6) is 2.12. The summed E-state index contributed by atoms with van der Waals surface area (Å²) in [5, 5.41) is 10.8. The van der Waals surface area contributed by atoms with E-state index < -0.39 is 0 Å². The number of nitrogens with one attached hydrogen (secondary N) is 3. The van der Waals surface area contributed by atoms with Gasteiger partial charge < -0.3 is 25.8 Å². The largest absolute Gasteiger partial charge is 0.368 e. The Morgan fingerprint density at radius 2 is 1.71 bits per heavy atom. The van der Waals surface area contributed by atoms with Crippen LogP contribution < -0.4 is 20.9 Å². The molecule has 182 valence electrons. The van der Waals surface area contributed by atoms with E-state index in [0.717, 1.165) is 78.8 Å². The Morgan fingerprint density at radius 1 is 0.943 bits per heavy atom. The number of thiophene rings is 1. The highest BCUT2D eigenvalue weighted by Crippen LogP contribution is 2.47. The first-order valence-corrected chi connectivity index (χ1v) is 13.1. The van der Waals surface area contributed by atoms with Crippen LogP contribution in [0.4, 0.5) is 28.1 Å². The van der Waals surface area contributed by atoms with Gasteiger partial charge >= 0.3 is 0 Å². The van der Waals surface area contributed by atoms with Crippen molar-refractivity contribution >= 4 is 45.4 Å². The van der Waals surface area contributed by atoms with Gasteiger partial charge in [-0.25, -0.2) is 15.0 Å². The van der Waals surface area contributed by atoms with Gasteiger partial charge in [0.25, 0.3) is 5.91 Å². The van der Waals surface area contributed by atoms with E-state index in [2.05, 4.69) is 59.9 Å². The monoisotopic (exact) mass is 490 g/mol. The maximum atomic E-state index is 12.6. The number of pyridine rings is 1. The molecule has 35 heavy (non-hydrogen) atoms. The fourth-order valence-electron chi connectivity index (χ4n) is 5.33. The molecule has 3 aromatic heterocycles. The van der Waals surface area contributed by atoms with Gasteiger partial charge in [-0.05, 0) is 38.1 Å². The second-order valence-electron chi connectivity index (χ2n) is 9.68. The third-order valence-corrected chi connectivity index (χ3v) is 8.35. The van der Waals surface area contributed by atoms with Crippen molar-refractivity contribution in [3.05, 3.63) is 47.2 Å². The van der Waals surface area contributed by atoms with Crippen LogP contribution in [0.5, 0.6) is 0 Å². The van der Waals surface area contributed by atoms with Gasteiger partial charge in [-0.15, -0.1) is 11.3 Å². The first-order valence-electron chi connectivity index (χ1n) is 12.3. The van der Waals surface area contributed by atoms with Crippen LogP contribution in [0.1, 0.15) is 47.3 Å². The molecule has 5 heterocycles. The summed E-state index contributed by atoms with van der Waals surface area (Å²) in [6, 6.07) is 8.06. The molecular formula is C25H30N8OS. The Labute approximate surface area is 209 Å². The minimum Gasteiger partial charge on any atom is -0.368 e. The van der Waals surface area contributed by atoms with Gasteiger partial charge in [-0.3, -0.25) is 4.79 Å². The van der Waals surface area contributed by atoms with E-state index in [1.54, 1.807) is 0 Å². The number of piperazine rings is 1. The molecule has 6 rings (SSSR count). The average Bonchev–Trinajstić information content (AvgIpc) is 3.40. The lowest BCUT2D eigenvalue weighted by molar-refractivity contribution is 0.0912. The second-order valence-corrected chi connectivity index (χ2v) is 10.7. The van der Waals surface area contributed by atoms with Gasteiger partial charge in [-0.2, -0.15) is 0 Å². The molecule has 2 fully saturated rings. The molecule has 1 saturated heterocycles. The van der Waals surface area contributed by atoms with Crippen LogP contribution >= 0.6 is 11.3 Å². The molecule has 1 amide bonds. The Morgan fingerprint density at radius 3 is 2.46 bits per heavy atom. The molecule has 1 spiro atoms. The van der Waals surface area contributed by atoms with Gasteiger partial charge in [0.05, 0.1) is 27.3 Å². The second kappa shape index (κ2) is 9.09. The van der Waals surface area contributed by atoms with Crippen molar-refractivity contribution in [2.75, 3.05) is 48.8 Å². The average molecular weight is 491 g/mol. The zero-order valence-corrected chi connectivity index (χ0v) is 20.7. The van der Waals surface area contributed by atoms with Gasteiger partial charge in [0.15, 0.2) is 0 Å². The van der Waals surface area contributed by atoms with Crippen molar-refractivity contribution in [1.29, 1.82) is 0 Å². The van der Waals surface area contributed by atoms with E-state index in [0.29, 0.717) is 11.6 Å². The first-order chi connectivity index (χ1) is 17.1. The number of nitrogens with zero attached hydrogens (tertiary/aromatic N) is 5. The molecular weight excluding hydrogens is 460 g/mol. The van der Waals surface area contributed by atoms with Crippen LogP contribution in [0.15, 0.2) is 36.8 Å². The number of rotatable bonds is 5. The summed E-state index contributed by atoms with van der Waals surface area (Å²) < 4.78 is 0. The van der Waals surface area contributed by atoms with Crippen LogP contribution in [-0.2, 0) is 5.54 Å². The van der Waals surface area contributed by atoms with E-state index in [1.165, 1.54) is 24.1 Å². The Balaban J connectivity index is 1.14. The fourth-order valence-corrected chi connectivity index (χ4v) is 6.39. The minimum atomic E-state index is -0.179. The SMILES string of the molecule is CN1CCN(c2ccc(Nc3cc(Nc4cc5c(s4)C(=O)NC54CCCCC4)ncn3)nc2)CC1. The summed E-state index contributed by atoms with van der Waals surface area (Å²) in [6.07, 6.45) is 9.03. The van der Waals surface area contributed by atoms with Gasteiger partial charge in [0, 0.05) is 37.8 Å². The number of fused-ring (bicyclic) bond motifs is 2. The molecule has 0 unspecified atom stereocenters. The van der Waals surface area contributed by atoms with Crippen molar-refractivity contribution in [2.24, 2.45) is 0 Å². The molecule has 0 bridgehead atoms. The van der Waals surface area contributed by atoms with E-state index >= 15 is 0 Å². The van der Waals surface area contributed by atoms with Crippen molar-refractivity contribution < 1.29 is 4.79 Å². The Kier molecular flexibility index (Phi) is 5.77. The number of anilines is 5. The standard InChI is InChI=1S/C25H30N8OS/c1-32-9-11-33(12-10-32)17-5-6-19(26-15-17)29-20-14-21(28-16-27-20)30-22-13-18-23(35-22)24(34)31-25(18)7-3-2-4-8-25/h5-6,13-16H,2-4,7-12H2,1H3,(H,31,34)(H2,26,27,28,29,30). The highest BCUT2D eigenvalue weighted by molar-refractivity contribution is 7.18. The highest BCUT2D eigenvalue weighted by atomic mass is 32.1. The number of aromatic nitrogens is 3. The Hall–Kier alpha value is -3.24. The third-order valence-electron chi connectivity index (χ3n) is 7.30. The van der Waals surface area contributed by atoms with Crippen molar-refractivity contribution in [3.63, 3.8) is 0 Å². The normalized spacial score (nSPS) is 19.5. The predicted octanol–water partition coefficient (Wildman–Crippen LogP) is 4.07. The number of carbonyl (C=O) groups excluding carboxylic acids is 1. The van der Waals surface area contributed by atoms with Crippen molar-refractivity contribution in [2.45, 2.75) is 37.6 Å². The number of carbonyl (C=O) groups is 1. The molecule has 0 radical (unpaired) electrons. The lowest BCUT2D eigenvalue weighted by Gasteiger charge is -2.33. The number of hydrogen-bond acceptors (Lipinski definition) is 9. The van der Waals surface area contributed by atoms with Gasteiger partial charge in [0.2, 0.25) is 0 Å². The van der Waals surface area contributed by atoms with Crippen LogP contribution in [0.25, 0.3) is 0 Å². The molecule has 3 aromatic rings. The van der Waals surface area contributed by atoms with Crippen LogP contribution in [0.2, 0.25) is 0 Å². The number of amides is 1. The predicted molar refractivity (Wildman–Crippen MR) is 139 cm³/mol. The maximum Gasteiger partial charge on any atom is 0.262 e. The van der Waals surface area contributed by atoms with E-state index in [-0.39, 0.29) is 11.4 Å². The molecule has 3 N–H and O–H groups in total. The van der Waals surface area contributed by atoms with Gasteiger partial charge in [-0.1, -0.05) is 19.3 Å². The zero-order chi connectivity index (χ0) is 23.8. The lowest BCUT2D eigenvalue weighted by Crippen LogP contribution is -2.44. The zero-order valence-electron chi connectivity index (χ0n) is 19.9. The molecule has 9 nitrogen and oxygen atoms in total. The van der Waals surface area contributed by atoms with Crippen LogP contribution in [0.3, 0.4) is 0 Å². The molecule has 1 aliphatic carbocycles. The molecule has 0 atom stereocenters. The summed E-state index contributed by atoms with van der Waals surface area (Å²) in [7, 11) is 2.16. The third kappa shape index (κ3) is 4.43. The van der Waals surface area contributed by atoms with E-state index in [1.807, 2.05) is 18.3 Å². The fraction of sp³-hybridized carbons (Fsp3) is 0.440. The summed E-state index contributed by atoms with van der Waals surface area (Å²) in [6.45, 7) is 4.16. The minimum absolute atomic E-state index is 0.0519. The number of likely N-dealkylation sites (N-methyl/N-ethyl adjacent to an activating group) is 1. The summed E-state index contributed by atoms with van der Waals surface area (Å²) in [5.41, 5.74) is 2.10. The molecule has 1 saturated carbocycles. The van der Waals surface area contributed by atoms with Gasteiger partial charge in [0.1, 0.15) is 23.8 Å². The molecule has 2 aliphatic heterocycles. The summed E-state index contributed by atoms with van der Waals surface area (Å²) >= 11 is 1.49. The quantitative estimate of drug-likeness (QED) is 0.492. The summed E-state index contributed by atoms with van der Waals surface area (Å²) in [4.78, 5) is 31.5. The number of hydrogen-bond donors (Lipinski definition) is 3. The highest BCUT2D eigenvalue weighted by Gasteiger charge is 2.45. The lowest BCUT2D eigenvalue weighted by atomic mass is 9.78. The van der Waals surface area contributed by atoms with E-state index in [9.17, 15) is 4.79 Å². The maximum absolute atomic E-state index is 12.6. The Bertz CT molecular complexity index is 1210. The van der Waals surface area contributed by atoms with Crippen LogP contribution in [-0.4, -0.2) is 59.0 Å². The molecule has 3 aliphatic rings. The van der Waals surface area contributed by atoms with E-state index in [4.69, 9.17) is 0 Å². The molecule has 10 heteroatoms. The van der Waals surface area contributed by atoms with Crippen molar-refractivity contribution in [3.8, 4) is 0 Å². The first kappa shape index (κ1) is 22.2. The van der Waals surface area contributed by atoms with Crippen LogP contribution in [0, 0.1) is 0 Å². The smallest absolute Gasteiger partial charge is 0.262 e. The topological polar surface area (TPSA) is 98.3 Å².